The third kappa shape index (κ3) is 4.11. The lowest BCUT2D eigenvalue weighted by molar-refractivity contribution is -0.121. The molecular formula is C13H20N2O. The average molecular weight is 220 g/mol. The minimum atomic E-state index is -0.0911. The van der Waals surface area contributed by atoms with E-state index in [1.165, 1.54) is 0 Å². The molecule has 88 valence electrons. The predicted octanol–water partition coefficient (Wildman–Crippen LogP) is 1.83. The topological polar surface area (TPSA) is 42.0 Å². The van der Waals surface area contributed by atoms with E-state index in [-0.39, 0.29) is 11.8 Å². The van der Waals surface area contributed by atoms with Gasteiger partial charge >= 0.3 is 0 Å². The number of likely N-dealkylation sites (N-methyl/N-ethyl adjacent to an activating group) is 1. The lowest BCUT2D eigenvalue weighted by Gasteiger charge is -2.16. The van der Waals surface area contributed by atoms with E-state index < -0.39 is 0 Å². The van der Waals surface area contributed by atoms with Crippen molar-refractivity contribution in [3.8, 4) is 0 Å². The highest BCUT2D eigenvalue weighted by atomic mass is 16.1. The summed E-state index contributed by atoms with van der Waals surface area (Å²) in [5.41, 5.74) is 1.10. The molecule has 1 N–H and O–H groups in total. The van der Waals surface area contributed by atoms with Crippen LogP contribution in [0.1, 0.15) is 25.8 Å². The lowest BCUT2D eigenvalue weighted by atomic mass is 9.97. The molecular weight excluding hydrogens is 200 g/mol. The number of carbonyl (C=O) groups is 1. The zero-order chi connectivity index (χ0) is 12.0. The van der Waals surface area contributed by atoms with Crippen LogP contribution in [0.3, 0.4) is 0 Å². The number of aromatic nitrogens is 1. The fourth-order valence-electron chi connectivity index (χ4n) is 1.68. The smallest absolute Gasteiger partial charge is 0.150 e. The Morgan fingerprint density at radius 3 is 2.75 bits per heavy atom. The second-order valence-corrected chi connectivity index (χ2v) is 4.47. The van der Waals surface area contributed by atoms with Crippen molar-refractivity contribution in [2.75, 3.05) is 7.05 Å². The normalized spacial score (nSPS) is 12.8. The maximum absolute atomic E-state index is 11.9. The van der Waals surface area contributed by atoms with Gasteiger partial charge < -0.3 is 5.32 Å². The summed E-state index contributed by atoms with van der Waals surface area (Å²) in [5, 5.41) is 3.08. The molecule has 0 aliphatic rings. The number of Topliss-reactive ketones (excluding diaryl/α,β-unsaturated/α-hetero) is 1. The van der Waals surface area contributed by atoms with Gasteiger partial charge in [0.1, 0.15) is 5.78 Å². The van der Waals surface area contributed by atoms with Gasteiger partial charge in [-0.2, -0.15) is 0 Å². The van der Waals surface area contributed by atoms with Gasteiger partial charge in [0.05, 0.1) is 6.04 Å². The van der Waals surface area contributed by atoms with Gasteiger partial charge in [0, 0.05) is 18.8 Å². The average Bonchev–Trinajstić information content (AvgIpc) is 2.26. The standard InChI is InChI=1S/C13H20N2O/c1-10(2)7-13(16)12(14-3)8-11-5-4-6-15-9-11/h4-6,9-10,12,14H,7-8H2,1-3H3/t12-/m0/s1. The minimum Gasteiger partial charge on any atom is -0.310 e. The van der Waals surface area contributed by atoms with Crippen LogP contribution in [-0.4, -0.2) is 23.9 Å². The SMILES string of the molecule is CN[C@@H](Cc1cccnc1)C(=O)CC(C)C. The lowest BCUT2D eigenvalue weighted by Crippen LogP contribution is -2.36. The highest BCUT2D eigenvalue weighted by Crippen LogP contribution is 2.07. The number of hydrogen-bond acceptors (Lipinski definition) is 3. The highest BCUT2D eigenvalue weighted by molar-refractivity contribution is 5.84. The van der Waals surface area contributed by atoms with Gasteiger partial charge in [-0.1, -0.05) is 19.9 Å². The van der Waals surface area contributed by atoms with Crippen LogP contribution in [0, 0.1) is 5.92 Å². The van der Waals surface area contributed by atoms with Gasteiger partial charge in [0.2, 0.25) is 0 Å². The first kappa shape index (κ1) is 12.8. The number of nitrogens with one attached hydrogen (secondary N) is 1. The van der Waals surface area contributed by atoms with Crippen LogP contribution < -0.4 is 5.32 Å². The van der Waals surface area contributed by atoms with Crippen LogP contribution in [-0.2, 0) is 11.2 Å². The van der Waals surface area contributed by atoms with Crippen molar-refractivity contribution in [1.82, 2.24) is 10.3 Å². The van der Waals surface area contributed by atoms with E-state index in [2.05, 4.69) is 24.1 Å². The van der Waals surface area contributed by atoms with Gasteiger partial charge in [0.25, 0.3) is 0 Å². The maximum Gasteiger partial charge on any atom is 0.150 e. The number of pyridine rings is 1. The van der Waals surface area contributed by atoms with Crippen molar-refractivity contribution in [1.29, 1.82) is 0 Å². The number of carbonyl (C=O) groups excluding carboxylic acids is 1. The second kappa shape index (κ2) is 6.38. The Hall–Kier alpha value is -1.22. The van der Waals surface area contributed by atoms with Crippen molar-refractivity contribution in [2.24, 2.45) is 5.92 Å². The molecule has 3 heteroatoms. The third-order valence-corrected chi connectivity index (χ3v) is 2.51. The van der Waals surface area contributed by atoms with Crippen LogP contribution in [0.5, 0.6) is 0 Å². The summed E-state index contributed by atoms with van der Waals surface area (Å²) < 4.78 is 0. The predicted molar refractivity (Wildman–Crippen MR) is 65.3 cm³/mol. The largest absolute Gasteiger partial charge is 0.310 e. The van der Waals surface area contributed by atoms with Crippen LogP contribution in [0.4, 0.5) is 0 Å². The van der Waals surface area contributed by atoms with Gasteiger partial charge in [-0.3, -0.25) is 9.78 Å². The van der Waals surface area contributed by atoms with Gasteiger partial charge in [0.15, 0.2) is 0 Å². The fraction of sp³-hybridized carbons (Fsp3) is 0.538. The molecule has 0 aliphatic carbocycles. The summed E-state index contributed by atoms with van der Waals surface area (Å²) in [6, 6.07) is 3.81. The van der Waals surface area contributed by atoms with Gasteiger partial charge in [-0.25, -0.2) is 0 Å². The maximum atomic E-state index is 11.9. The zero-order valence-corrected chi connectivity index (χ0v) is 10.2. The third-order valence-electron chi connectivity index (χ3n) is 2.51. The molecule has 3 nitrogen and oxygen atoms in total. The summed E-state index contributed by atoms with van der Waals surface area (Å²) >= 11 is 0. The molecule has 1 aromatic heterocycles. The molecule has 0 radical (unpaired) electrons. The van der Waals surface area contributed by atoms with Crippen LogP contribution in [0.2, 0.25) is 0 Å². The summed E-state index contributed by atoms with van der Waals surface area (Å²) in [7, 11) is 1.83. The Morgan fingerprint density at radius 1 is 1.50 bits per heavy atom. The Labute approximate surface area is 97.3 Å². The van der Waals surface area contributed by atoms with Crippen molar-refractivity contribution in [3.63, 3.8) is 0 Å². The summed E-state index contributed by atoms with van der Waals surface area (Å²) in [5.74, 6) is 0.693. The van der Waals surface area contributed by atoms with E-state index in [4.69, 9.17) is 0 Å². The summed E-state index contributed by atoms with van der Waals surface area (Å²) in [6.45, 7) is 4.13. The Morgan fingerprint density at radius 2 is 2.25 bits per heavy atom. The Kier molecular flexibility index (Phi) is 5.12. The fourth-order valence-corrected chi connectivity index (χ4v) is 1.68. The van der Waals surface area contributed by atoms with Gasteiger partial charge in [-0.15, -0.1) is 0 Å². The van der Waals surface area contributed by atoms with E-state index in [0.29, 0.717) is 12.3 Å². The quantitative estimate of drug-likeness (QED) is 0.795. The molecule has 0 saturated carbocycles. The Bertz CT molecular complexity index is 322. The molecule has 0 fully saturated rings. The molecule has 16 heavy (non-hydrogen) atoms. The first-order chi connectivity index (χ1) is 7.63. The number of nitrogens with zero attached hydrogens (tertiary/aromatic N) is 1. The second-order valence-electron chi connectivity index (χ2n) is 4.47. The number of rotatable bonds is 6. The number of ketones is 1. The molecule has 1 aromatic rings. The molecule has 0 unspecified atom stereocenters. The van der Waals surface area contributed by atoms with E-state index in [0.717, 1.165) is 12.0 Å². The molecule has 1 atom stereocenters. The summed E-state index contributed by atoms with van der Waals surface area (Å²) in [6.07, 6.45) is 4.91. The van der Waals surface area contributed by atoms with Crippen LogP contribution >= 0.6 is 0 Å². The van der Waals surface area contributed by atoms with Gasteiger partial charge in [-0.05, 0) is 31.0 Å². The number of hydrogen-bond donors (Lipinski definition) is 1. The Balaban J connectivity index is 2.58. The van der Waals surface area contributed by atoms with E-state index >= 15 is 0 Å². The molecule has 0 aliphatic heterocycles. The van der Waals surface area contributed by atoms with E-state index in [1.807, 2.05) is 25.4 Å². The zero-order valence-electron chi connectivity index (χ0n) is 10.2. The van der Waals surface area contributed by atoms with Crippen molar-refractivity contribution in [3.05, 3.63) is 30.1 Å². The van der Waals surface area contributed by atoms with Crippen LogP contribution in [0.25, 0.3) is 0 Å². The molecule has 0 saturated heterocycles. The van der Waals surface area contributed by atoms with Crippen molar-refractivity contribution in [2.45, 2.75) is 32.7 Å². The molecule has 0 spiro atoms. The molecule has 1 rings (SSSR count). The first-order valence-corrected chi connectivity index (χ1v) is 5.72. The molecule has 0 amide bonds. The van der Waals surface area contributed by atoms with Crippen LogP contribution in [0.15, 0.2) is 24.5 Å². The summed E-state index contributed by atoms with van der Waals surface area (Å²) in [4.78, 5) is 16.0. The monoisotopic (exact) mass is 220 g/mol. The van der Waals surface area contributed by atoms with Crippen molar-refractivity contribution >= 4 is 5.78 Å². The van der Waals surface area contributed by atoms with E-state index in [9.17, 15) is 4.79 Å². The minimum absolute atomic E-state index is 0.0911. The molecule has 0 bridgehead atoms. The molecule has 1 heterocycles. The highest BCUT2D eigenvalue weighted by Gasteiger charge is 2.17. The molecule has 0 aromatic carbocycles. The van der Waals surface area contributed by atoms with Crippen molar-refractivity contribution < 1.29 is 4.79 Å². The van der Waals surface area contributed by atoms with E-state index in [1.54, 1.807) is 6.20 Å². The first-order valence-electron chi connectivity index (χ1n) is 5.72.